The van der Waals surface area contributed by atoms with E-state index in [4.69, 9.17) is 0 Å². The zero-order valence-electron chi connectivity index (χ0n) is 7.90. The van der Waals surface area contributed by atoms with Crippen LogP contribution in [0.15, 0.2) is 42.5 Å². The molecule has 1 atom stereocenters. The van der Waals surface area contributed by atoms with Crippen molar-refractivity contribution in [1.29, 1.82) is 0 Å². The number of benzene rings is 2. The van der Waals surface area contributed by atoms with E-state index >= 15 is 0 Å². The SMILES string of the molecule is [SiH2]C1C=Cc2cccc3cccc1c23. The van der Waals surface area contributed by atoms with Crippen LogP contribution in [-0.4, -0.2) is 10.2 Å². The van der Waals surface area contributed by atoms with Gasteiger partial charge in [0, 0.05) is 10.2 Å². The number of rotatable bonds is 0. The molecule has 1 radical (unpaired) electrons. The molecule has 67 valence electrons. The van der Waals surface area contributed by atoms with E-state index in [-0.39, 0.29) is 0 Å². The van der Waals surface area contributed by atoms with Crippen LogP contribution in [0.1, 0.15) is 16.7 Å². The van der Waals surface area contributed by atoms with E-state index in [9.17, 15) is 0 Å². The van der Waals surface area contributed by atoms with Gasteiger partial charge in [0.25, 0.3) is 0 Å². The molecule has 14 heavy (non-hydrogen) atoms. The molecule has 0 amide bonds. The van der Waals surface area contributed by atoms with Gasteiger partial charge in [0.1, 0.15) is 0 Å². The van der Waals surface area contributed by atoms with E-state index in [0.29, 0.717) is 5.54 Å². The van der Waals surface area contributed by atoms with Gasteiger partial charge in [-0.2, -0.15) is 0 Å². The minimum absolute atomic E-state index is 0.577. The monoisotopic (exact) mass is 195 g/mol. The lowest BCUT2D eigenvalue weighted by Crippen LogP contribution is -2.00. The van der Waals surface area contributed by atoms with Crippen molar-refractivity contribution in [2.45, 2.75) is 5.54 Å². The third-order valence-electron chi connectivity index (χ3n) is 2.88. The van der Waals surface area contributed by atoms with Gasteiger partial charge in [0.05, 0.1) is 0 Å². The topological polar surface area (TPSA) is 0 Å². The summed E-state index contributed by atoms with van der Waals surface area (Å²) in [5.41, 5.74) is 3.41. The van der Waals surface area contributed by atoms with Gasteiger partial charge in [0.2, 0.25) is 0 Å². The van der Waals surface area contributed by atoms with Gasteiger partial charge < -0.3 is 0 Å². The molecule has 1 aliphatic rings. The van der Waals surface area contributed by atoms with Crippen LogP contribution in [0, 0.1) is 0 Å². The highest BCUT2D eigenvalue weighted by atomic mass is 28.1. The zero-order valence-corrected chi connectivity index (χ0v) is 9.32. The summed E-state index contributed by atoms with van der Waals surface area (Å²) in [5, 5.41) is 2.80. The Morgan fingerprint density at radius 3 is 2.64 bits per heavy atom. The number of hydrogen-bond acceptors (Lipinski definition) is 0. The average Bonchev–Trinajstić information content (AvgIpc) is 2.24. The lowest BCUT2D eigenvalue weighted by Gasteiger charge is -2.17. The second-order valence-corrected chi connectivity index (χ2v) is 4.64. The maximum Gasteiger partial charge on any atom is 0.0231 e. The zero-order chi connectivity index (χ0) is 9.54. The highest BCUT2D eigenvalue weighted by Gasteiger charge is 2.12. The largest absolute Gasteiger partial charge is 0.0801 e. The summed E-state index contributed by atoms with van der Waals surface area (Å²) in [7, 11) is 2.04. The van der Waals surface area contributed by atoms with Gasteiger partial charge in [-0.15, -0.1) is 0 Å². The molecule has 0 bridgehead atoms. The van der Waals surface area contributed by atoms with Gasteiger partial charge in [-0.1, -0.05) is 48.6 Å². The quantitative estimate of drug-likeness (QED) is 0.567. The smallest absolute Gasteiger partial charge is 0.0231 e. The fourth-order valence-electron chi connectivity index (χ4n) is 2.17. The normalized spacial score (nSPS) is 18.8. The molecule has 1 unspecified atom stereocenters. The molecule has 0 spiro atoms. The van der Waals surface area contributed by atoms with Crippen molar-refractivity contribution in [3.8, 4) is 0 Å². The molecule has 0 saturated heterocycles. The molecular formula is C13H11Si. The Kier molecular flexibility index (Phi) is 1.61. The summed E-state index contributed by atoms with van der Waals surface area (Å²) in [6.07, 6.45) is 4.53. The predicted octanol–water partition coefficient (Wildman–Crippen LogP) is 2.54. The van der Waals surface area contributed by atoms with Gasteiger partial charge >= 0.3 is 0 Å². The minimum Gasteiger partial charge on any atom is -0.0801 e. The van der Waals surface area contributed by atoms with Gasteiger partial charge in [-0.25, -0.2) is 0 Å². The highest BCUT2D eigenvalue weighted by Crippen LogP contribution is 2.32. The Balaban J connectivity index is 2.52. The predicted molar refractivity (Wildman–Crippen MR) is 64.3 cm³/mol. The van der Waals surface area contributed by atoms with Crippen molar-refractivity contribution in [1.82, 2.24) is 0 Å². The molecule has 0 heterocycles. The van der Waals surface area contributed by atoms with Crippen LogP contribution in [0.25, 0.3) is 16.8 Å². The minimum atomic E-state index is 0.577. The van der Waals surface area contributed by atoms with E-state index in [1.807, 2.05) is 10.2 Å². The van der Waals surface area contributed by atoms with Crippen molar-refractivity contribution >= 4 is 27.1 Å². The van der Waals surface area contributed by atoms with E-state index in [0.717, 1.165) is 0 Å². The van der Waals surface area contributed by atoms with Crippen LogP contribution in [0.5, 0.6) is 0 Å². The first-order valence-corrected chi connectivity index (χ1v) is 5.71. The molecule has 2 aromatic rings. The van der Waals surface area contributed by atoms with Crippen molar-refractivity contribution < 1.29 is 0 Å². The fourth-order valence-corrected chi connectivity index (χ4v) is 2.65. The molecule has 3 rings (SSSR count). The molecule has 0 N–H and O–H groups in total. The van der Waals surface area contributed by atoms with Gasteiger partial charge in [0.15, 0.2) is 0 Å². The molecule has 1 aliphatic carbocycles. The van der Waals surface area contributed by atoms with Crippen LogP contribution >= 0.6 is 0 Å². The third-order valence-corrected chi connectivity index (χ3v) is 3.59. The summed E-state index contributed by atoms with van der Waals surface area (Å²) in [6, 6.07) is 13.1. The van der Waals surface area contributed by atoms with Crippen molar-refractivity contribution in [2.24, 2.45) is 0 Å². The first-order valence-electron chi connectivity index (χ1n) is 4.89. The average molecular weight is 195 g/mol. The maximum absolute atomic E-state index is 2.29. The second kappa shape index (κ2) is 2.82. The Hall–Kier alpha value is -1.34. The molecular weight excluding hydrogens is 184 g/mol. The third kappa shape index (κ3) is 0.992. The summed E-state index contributed by atoms with van der Waals surface area (Å²) in [5.74, 6) is 0. The van der Waals surface area contributed by atoms with Crippen molar-refractivity contribution in [3.63, 3.8) is 0 Å². The second-order valence-electron chi connectivity index (χ2n) is 3.76. The summed E-state index contributed by atoms with van der Waals surface area (Å²) in [6.45, 7) is 0. The lowest BCUT2D eigenvalue weighted by molar-refractivity contribution is 1.23. The molecule has 2 aromatic carbocycles. The Bertz CT molecular complexity index is 520. The van der Waals surface area contributed by atoms with Crippen LogP contribution in [0.4, 0.5) is 0 Å². The Morgan fingerprint density at radius 2 is 1.79 bits per heavy atom. The Labute approximate surface area is 86.7 Å². The first kappa shape index (κ1) is 8.01. The lowest BCUT2D eigenvalue weighted by atomic mass is 9.93. The Morgan fingerprint density at radius 1 is 1.00 bits per heavy atom. The number of allylic oxidation sites excluding steroid dienone is 1. The molecule has 0 aromatic heterocycles. The van der Waals surface area contributed by atoms with E-state index < -0.39 is 0 Å². The van der Waals surface area contributed by atoms with Crippen LogP contribution in [0.2, 0.25) is 0 Å². The van der Waals surface area contributed by atoms with E-state index in [1.165, 1.54) is 21.9 Å². The molecule has 1 heteroatoms. The van der Waals surface area contributed by atoms with Crippen molar-refractivity contribution in [2.75, 3.05) is 0 Å². The molecule has 0 aliphatic heterocycles. The van der Waals surface area contributed by atoms with Crippen molar-refractivity contribution in [3.05, 3.63) is 53.6 Å². The first-order chi connectivity index (χ1) is 6.86. The molecule has 0 nitrogen and oxygen atoms in total. The fraction of sp³-hybridized carbons (Fsp3) is 0.0769. The van der Waals surface area contributed by atoms with Gasteiger partial charge in [-0.05, 0) is 27.4 Å². The molecule has 0 fully saturated rings. The standard InChI is InChI=1S/C13H11Si/c14-12-8-7-10-4-1-3-9-5-2-6-11(12)13(9)10/h1-8,12H,14H2. The van der Waals surface area contributed by atoms with E-state index in [1.54, 1.807) is 0 Å². The van der Waals surface area contributed by atoms with Crippen LogP contribution < -0.4 is 0 Å². The van der Waals surface area contributed by atoms with Crippen LogP contribution in [0.3, 0.4) is 0 Å². The highest BCUT2D eigenvalue weighted by molar-refractivity contribution is 6.17. The van der Waals surface area contributed by atoms with E-state index in [2.05, 4.69) is 48.6 Å². The van der Waals surface area contributed by atoms with Crippen LogP contribution in [-0.2, 0) is 0 Å². The summed E-state index contributed by atoms with van der Waals surface area (Å²) < 4.78 is 0. The maximum atomic E-state index is 2.29. The summed E-state index contributed by atoms with van der Waals surface area (Å²) in [4.78, 5) is 0. The number of hydrogen-bond donors (Lipinski definition) is 0. The molecule has 0 saturated carbocycles. The summed E-state index contributed by atoms with van der Waals surface area (Å²) >= 11 is 0. The van der Waals surface area contributed by atoms with Gasteiger partial charge in [-0.3, -0.25) is 0 Å².